The number of nitrogens with zero attached hydrogens (tertiary/aromatic N) is 3. The van der Waals surface area contributed by atoms with Gasteiger partial charge in [-0.15, -0.1) is 0 Å². The molecule has 0 aliphatic carbocycles. The summed E-state index contributed by atoms with van der Waals surface area (Å²) in [5.74, 6) is -2.31. The zero-order chi connectivity index (χ0) is 25.4. The molecule has 6 nitrogen and oxygen atoms in total. The number of fused-ring (bicyclic) bond motifs is 1. The van der Waals surface area contributed by atoms with Crippen molar-refractivity contribution in [3.05, 3.63) is 98.8 Å². The Balaban J connectivity index is 1.56. The van der Waals surface area contributed by atoms with Crippen LogP contribution in [0.4, 0.5) is 13.6 Å². The molecule has 5 rings (SSSR count). The van der Waals surface area contributed by atoms with Gasteiger partial charge in [-0.05, 0) is 58.4 Å². The summed E-state index contributed by atoms with van der Waals surface area (Å²) in [6.07, 6.45) is 2.36. The molecular weight excluding hydrogens is 531 g/mol. The van der Waals surface area contributed by atoms with E-state index in [1.165, 1.54) is 24.3 Å². The molecule has 3 aromatic carbocycles. The molecule has 1 aliphatic heterocycles. The lowest BCUT2D eigenvalue weighted by atomic mass is 10.0. The van der Waals surface area contributed by atoms with Gasteiger partial charge in [0.25, 0.3) is 17.0 Å². The molecule has 1 aliphatic rings. The van der Waals surface area contributed by atoms with E-state index in [1.54, 1.807) is 24.3 Å². The third kappa shape index (κ3) is 4.65. The standard InChI is InChI=1S/C25H13Cl2F2N3O3S/c26-17-6-3-7-18(28)16(17)12-32-23(33)21(36-25(32)34)10-15-14-5-2-1-4-13(14)8-9-20(15)35-22-19(29)11-30-24(27)31-22/h1-11H,12H2/b21-10+. The van der Waals surface area contributed by atoms with Gasteiger partial charge >= 0.3 is 0 Å². The topological polar surface area (TPSA) is 72.4 Å². The van der Waals surface area contributed by atoms with Gasteiger partial charge in [-0.3, -0.25) is 14.5 Å². The number of benzene rings is 3. The average Bonchev–Trinajstić information content (AvgIpc) is 3.12. The van der Waals surface area contributed by atoms with Crippen LogP contribution in [0.2, 0.25) is 10.3 Å². The minimum Gasteiger partial charge on any atom is -0.436 e. The summed E-state index contributed by atoms with van der Waals surface area (Å²) in [5.41, 5.74) is 0.449. The van der Waals surface area contributed by atoms with Crippen molar-refractivity contribution in [3.63, 3.8) is 0 Å². The van der Waals surface area contributed by atoms with Crippen LogP contribution in [0.25, 0.3) is 16.8 Å². The van der Waals surface area contributed by atoms with Crippen molar-refractivity contribution >= 4 is 63.0 Å². The second kappa shape index (κ2) is 9.85. The van der Waals surface area contributed by atoms with E-state index in [0.717, 1.165) is 16.5 Å². The van der Waals surface area contributed by atoms with E-state index >= 15 is 0 Å². The van der Waals surface area contributed by atoms with Crippen LogP contribution >= 0.6 is 35.0 Å². The third-order valence-corrected chi connectivity index (χ3v) is 6.79. The fraction of sp³-hybridized carbons (Fsp3) is 0.0400. The first-order valence-corrected chi connectivity index (χ1v) is 11.9. The number of halogens is 4. The zero-order valence-corrected chi connectivity index (χ0v) is 20.4. The number of ether oxygens (including phenoxy) is 1. The fourth-order valence-electron chi connectivity index (χ4n) is 3.63. The van der Waals surface area contributed by atoms with Crippen LogP contribution in [0.5, 0.6) is 11.6 Å². The normalized spacial score (nSPS) is 14.8. The van der Waals surface area contributed by atoms with Crippen LogP contribution in [0.3, 0.4) is 0 Å². The minimum atomic E-state index is -0.833. The third-order valence-electron chi connectivity index (χ3n) is 5.35. The molecule has 0 unspecified atom stereocenters. The maximum Gasteiger partial charge on any atom is 0.293 e. The average molecular weight is 544 g/mol. The second-order valence-corrected chi connectivity index (χ2v) is 9.30. The van der Waals surface area contributed by atoms with Crippen LogP contribution in [0, 0.1) is 11.6 Å². The van der Waals surface area contributed by atoms with Gasteiger partial charge in [-0.1, -0.05) is 48.0 Å². The summed E-state index contributed by atoms with van der Waals surface area (Å²) in [6.45, 7) is -0.322. The minimum absolute atomic E-state index is 0.0352. The monoisotopic (exact) mass is 543 g/mol. The number of aromatic nitrogens is 2. The molecular formula is C25H13Cl2F2N3O3S. The van der Waals surface area contributed by atoms with Gasteiger partial charge in [-0.2, -0.15) is 9.37 Å². The fourth-order valence-corrected chi connectivity index (χ4v) is 4.80. The van der Waals surface area contributed by atoms with Crippen LogP contribution in [0.1, 0.15) is 11.1 Å². The van der Waals surface area contributed by atoms with E-state index in [2.05, 4.69) is 9.97 Å². The van der Waals surface area contributed by atoms with Gasteiger partial charge in [0.1, 0.15) is 11.6 Å². The van der Waals surface area contributed by atoms with Crippen LogP contribution in [-0.4, -0.2) is 26.0 Å². The maximum absolute atomic E-state index is 14.3. The molecule has 1 saturated heterocycles. The molecule has 0 bridgehead atoms. The quantitative estimate of drug-likeness (QED) is 0.195. The molecule has 0 saturated carbocycles. The van der Waals surface area contributed by atoms with Crippen molar-refractivity contribution in [3.8, 4) is 11.6 Å². The van der Waals surface area contributed by atoms with E-state index in [4.69, 9.17) is 27.9 Å². The van der Waals surface area contributed by atoms with Crippen LogP contribution in [-0.2, 0) is 11.3 Å². The van der Waals surface area contributed by atoms with Gasteiger partial charge in [-0.25, -0.2) is 9.37 Å². The lowest BCUT2D eigenvalue weighted by Gasteiger charge is -2.14. The first-order valence-electron chi connectivity index (χ1n) is 10.4. The van der Waals surface area contributed by atoms with E-state index < -0.39 is 28.7 Å². The molecule has 0 N–H and O–H groups in total. The molecule has 1 fully saturated rings. The SMILES string of the molecule is O=C1S/C(=C/c2c(Oc3nc(Cl)ncc3F)ccc3ccccc23)C(=O)N1Cc1c(F)cccc1Cl. The van der Waals surface area contributed by atoms with E-state index in [9.17, 15) is 18.4 Å². The Hall–Kier alpha value is -3.53. The van der Waals surface area contributed by atoms with Crippen molar-refractivity contribution < 1.29 is 23.1 Å². The highest BCUT2D eigenvalue weighted by Crippen LogP contribution is 2.39. The first-order chi connectivity index (χ1) is 17.3. The Labute approximate surface area is 217 Å². The first kappa shape index (κ1) is 24.2. The van der Waals surface area contributed by atoms with Gasteiger partial charge in [0.15, 0.2) is 0 Å². The Morgan fingerprint density at radius 1 is 1.00 bits per heavy atom. The number of imide groups is 1. The summed E-state index contributed by atoms with van der Waals surface area (Å²) in [5, 5.41) is 0.811. The van der Waals surface area contributed by atoms with Crippen LogP contribution in [0.15, 0.2) is 65.7 Å². The summed E-state index contributed by atoms with van der Waals surface area (Å²) in [4.78, 5) is 34.2. The highest BCUT2D eigenvalue weighted by molar-refractivity contribution is 8.18. The molecule has 1 aromatic heterocycles. The number of carbonyl (C=O) groups is 2. The van der Waals surface area contributed by atoms with Gasteiger partial charge < -0.3 is 4.74 Å². The number of thioether (sulfide) groups is 1. The number of rotatable bonds is 5. The van der Waals surface area contributed by atoms with Gasteiger partial charge in [0.05, 0.1) is 17.6 Å². The molecule has 36 heavy (non-hydrogen) atoms. The number of hydrogen-bond donors (Lipinski definition) is 0. The molecule has 0 spiro atoms. The highest BCUT2D eigenvalue weighted by atomic mass is 35.5. The van der Waals surface area contributed by atoms with Crippen molar-refractivity contribution in [2.45, 2.75) is 6.54 Å². The van der Waals surface area contributed by atoms with Crippen molar-refractivity contribution in [1.29, 1.82) is 0 Å². The Morgan fingerprint density at radius 3 is 2.61 bits per heavy atom. The zero-order valence-electron chi connectivity index (χ0n) is 18.0. The van der Waals surface area contributed by atoms with Gasteiger partial charge in [0, 0.05) is 16.1 Å². The second-order valence-electron chi connectivity index (χ2n) is 7.56. The van der Waals surface area contributed by atoms with E-state index in [-0.39, 0.29) is 33.1 Å². The molecule has 0 radical (unpaired) electrons. The summed E-state index contributed by atoms with van der Waals surface area (Å²) < 4.78 is 34.3. The Bertz CT molecular complexity index is 1560. The molecule has 2 amide bonds. The number of carbonyl (C=O) groups excluding carboxylic acids is 2. The predicted octanol–water partition coefficient (Wildman–Crippen LogP) is 7.24. The summed E-state index contributed by atoms with van der Waals surface area (Å²) in [6, 6.07) is 14.7. The number of hydrogen-bond acceptors (Lipinski definition) is 6. The van der Waals surface area contributed by atoms with E-state index in [0.29, 0.717) is 22.7 Å². The molecule has 2 heterocycles. The predicted molar refractivity (Wildman–Crippen MR) is 134 cm³/mol. The lowest BCUT2D eigenvalue weighted by molar-refractivity contribution is -0.123. The van der Waals surface area contributed by atoms with Gasteiger partial charge in [0.2, 0.25) is 11.1 Å². The molecule has 0 atom stereocenters. The van der Waals surface area contributed by atoms with Crippen molar-refractivity contribution in [2.75, 3.05) is 0 Å². The summed E-state index contributed by atoms with van der Waals surface area (Å²) in [7, 11) is 0. The highest BCUT2D eigenvalue weighted by Gasteiger charge is 2.36. The van der Waals surface area contributed by atoms with E-state index in [1.807, 2.05) is 12.1 Å². The Kier molecular flexibility index (Phi) is 6.61. The number of amides is 2. The Morgan fingerprint density at radius 2 is 1.81 bits per heavy atom. The lowest BCUT2D eigenvalue weighted by Crippen LogP contribution is -2.28. The molecule has 4 aromatic rings. The smallest absolute Gasteiger partial charge is 0.293 e. The van der Waals surface area contributed by atoms with Crippen LogP contribution < -0.4 is 4.74 Å². The molecule has 180 valence electrons. The molecule has 11 heteroatoms. The summed E-state index contributed by atoms with van der Waals surface area (Å²) >= 11 is 12.6. The van der Waals surface area contributed by atoms with Crippen molar-refractivity contribution in [2.24, 2.45) is 0 Å². The maximum atomic E-state index is 14.3. The largest absolute Gasteiger partial charge is 0.436 e. The van der Waals surface area contributed by atoms with Crippen molar-refractivity contribution in [1.82, 2.24) is 14.9 Å².